The van der Waals surface area contributed by atoms with Gasteiger partial charge in [-0.15, -0.1) is 11.3 Å². The summed E-state index contributed by atoms with van der Waals surface area (Å²) in [6.45, 7) is 7.64. The normalized spacial score (nSPS) is 18.2. The first-order valence-electron chi connectivity index (χ1n) is 9.34. The number of carbonyl (C=O) groups excluding carboxylic acids is 1. The van der Waals surface area contributed by atoms with Gasteiger partial charge in [-0.1, -0.05) is 13.3 Å². The fourth-order valence-electron chi connectivity index (χ4n) is 3.32. The lowest BCUT2D eigenvalue weighted by atomic mass is 10.2. The zero-order valence-corrected chi connectivity index (χ0v) is 18.4. The average Bonchev–Trinajstić information content (AvgIpc) is 3.06. The van der Waals surface area contributed by atoms with Gasteiger partial charge in [0.15, 0.2) is 0 Å². The van der Waals surface area contributed by atoms with Crippen LogP contribution in [0.25, 0.3) is 10.1 Å². The number of ether oxygens (including phenoxy) is 1. The topological polar surface area (TPSA) is 54.8 Å². The van der Waals surface area contributed by atoms with E-state index in [2.05, 4.69) is 34.7 Å². The summed E-state index contributed by atoms with van der Waals surface area (Å²) in [5.41, 5.74) is 0.0309. The molecule has 6 nitrogen and oxygen atoms in total. The number of unbranched alkanes of at least 4 members (excludes halogenated alkanes) is 1. The van der Waals surface area contributed by atoms with Gasteiger partial charge >= 0.3 is 6.09 Å². The van der Waals surface area contributed by atoms with Crippen LogP contribution >= 0.6 is 27.3 Å². The maximum absolute atomic E-state index is 12.4. The molecule has 27 heavy (non-hydrogen) atoms. The Bertz CT molecular complexity index is 879. The Balaban J connectivity index is 1.65. The highest BCUT2D eigenvalue weighted by Gasteiger charge is 2.28. The van der Waals surface area contributed by atoms with Gasteiger partial charge in [0.25, 0.3) is 5.56 Å². The Morgan fingerprint density at radius 2 is 2.19 bits per heavy atom. The molecule has 2 aromatic rings. The Labute approximate surface area is 171 Å². The minimum absolute atomic E-state index is 0.0309. The number of hydrogen-bond donors (Lipinski definition) is 0. The first-order valence-corrected chi connectivity index (χ1v) is 10.9. The highest BCUT2D eigenvalue weighted by molar-refractivity contribution is 9.10. The van der Waals surface area contributed by atoms with E-state index in [1.807, 2.05) is 12.3 Å². The number of amides is 1. The molecule has 1 unspecified atom stereocenters. The molecular formula is C19H26BrN3O3S. The molecule has 0 aliphatic carbocycles. The van der Waals surface area contributed by atoms with Crippen LogP contribution in [0.3, 0.4) is 0 Å². The van der Waals surface area contributed by atoms with Crippen LogP contribution in [0.15, 0.2) is 21.5 Å². The Hall–Kier alpha value is -1.38. The van der Waals surface area contributed by atoms with Crippen molar-refractivity contribution in [2.24, 2.45) is 7.05 Å². The lowest BCUT2D eigenvalue weighted by Crippen LogP contribution is -2.53. The molecule has 1 amide bonds. The lowest BCUT2D eigenvalue weighted by molar-refractivity contribution is 0.0521. The smallest absolute Gasteiger partial charge is 0.409 e. The van der Waals surface area contributed by atoms with Crippen molar-refractivity contribution in [3.8, 4) is 0 Å². The Morgan fingerprint density at radius 3 is 2.89 bits per heavy atom. The molecular weight excluding hydrogens is 430 g/mol. The van der Waals surface area contributed by atoms with Crippen molar-refractivity contribution < 1.29 is 9.53 Å². The van der Waals surface area contributed by atoms with Gasteiger partial charge < -0.3 is 14.2 Å². The average molecular weight is 456 g/mol. The van der Waals surface area contributed by atoms with Crippen LogP contribution in [0.2, 0.25) is 0 Å². The van der Waals surface area contributed by atoms with Gasteiger partial charge in [-0.2, -0.15) is 0 Å². The molecule has 2 aromatic heterocycles. The summed E-state index contributed by atoms with van der Waals surface area (Å²) < 4.78 is 8.88. The Morgan fingerprint density at radius 1 is 1.41 bits per heavy atom. The number of hydrogen-bond acceptors (Lipinski definition) is 5. The highest BCUT2D eigenvalue weighted by atomic mass is 79.9. The number of piperazine rings is 1. The van der Waals surface area contributed by atoms with E-state index in [0.29, 0.717) is 19.7 Å². The number of thiophene rings is 1. The molecule has 0 N–H and O–H groups in total. The minimum atomic E-state index is -0.204. The summed E-state index contributed by atoms with van der Waals surface area (Å²) in [4.78, 5) is 29.8. The van der Waals surface area contributed by atoms with Crippen molar-refractivity contribution in [2.75, 3.05) is 26.2 Å². The van der Waals surface area contributed by atoms with Gasteiger partial charge in [-0.05, 0) is 35.3 Å². The van der Waals surface area contributed by atoms with E-state index in [-0.39, 0.29) is 17.7 Å². The molecule has 1 fully saturated rings. The van der Waals surface area contributed by atoms with Crippen LogP contribution < -0.4 is 5.56 Å². The van der Waals surface area contributed by atoms with Crippen molar-refractivity contribution in [1.29, 1.82) is 0 Å². The molecule has 3 heterocycles. The third-order valence-corrected chi connectivity index (χ3v) is 6.98. The number of fused-ring (bicyclic) bond motifs is 1. The second-order valence-corrected chi connectivity index (χ2v) is 9.07. The zero-order valence-electron chi connectivity index (χ0n) is 16.0. The summed E-state index contributed by atoms with van der Waals surface area (Å²) in [5.74, 6) is 0. The van der Waals surface area contributed by atoms with Gasteiger partial charge in [0.2, 0.25) is 0 Å². The minimum Gasteiger partial charge on any atom is -0.449 e. The summed E-state index contributed by atoms with van der Waals surface area (Å²) in [5, 5.41) is 0.762. The third-order valence-electron chi connectivity index (χ3n) is 4.96. The van der Waals surface area contributed by atoms with Gasteiger partial charge in [0.05, 0.1) is 21.2 Å². The molecule has 0 aromatic carbocycles. The molecule has 0 spiro atoms. The van der Waals surface area contributed by atoms with E-state index in [1.54, 1.807) is 27.9 Å². The van der Waals surface area contributed by atoms with E-state index >= 15 is 0 Å². The largest absolute Gasteiger partial charge is 0.449 e. The molecule has 1 aliphatic rings. The summed E-state index contributed by atoms with van der Waals surface area (Å²) >= 11 is 5.22. The van der Waals surface area contributed by atoms with Crippen LogP contribution in [-0.4, -0.2) is 52.7 Å². The number of aryl methyl sites for hydroxylation is 1. The van der Waals surface area contributed by atoms with Gasteiger partial charge in [-0.3, -0.25) is 9.69 Å². The fourth-order valence-corrected chi connectivity index (χ4v) is 5.16. The van der Waals surface area contributed by atoms with Crippen molar-refractivity contribution >= 4 is 43.4 Å². The number of carbonyl (C=O) groups is 1. The van der Waals surface area contributed by atoms with Gasteiger partial charge in [0.1, 0.15) is 0 Å². The number of rotatable bonds is 5. The molecule has 1 aliphatic heterocycles. The van der Waals surface area contributed by atoms with E-state index in [0.717, 1.165) is 40.5 Å². The number of nitrogens with zero attached hydrogens (tertiary/aromatic N) is 3. The first kappa shape index (κ1) is 20.4. The quantitative estimate of drug-likeness (QED) is 0.643. The molecule has 8 heteroatoms. The van der Waals surface area contributed by atoms with Crippen LogP contribution in [0, 0.1) is 0 Å². The third kappa shape index (κ3) is 4.55. The van der Waals surface area contributed by atoms with Crippen molar-refractivity contribution in [1.82, 2.24) is 14.4 Å². The zero-order chi connectivity index (χ0) is 19.6. The van der Waals surface area contributed by atoms with Crippen molar-refractivity contribution in [3.63, 3.8) is 0 Å². The first-order chi connectivity index (χ1) is 12.9. The van der Waals surface area contributed by atoms with E-state index < -0.39 is 0 Å². The summed E-state index contributed by atoms with van der Waals surface area (Å²) in [6.07, 6.45) is 3.54. The molecule has 0 radical (unpaired) electrons. The van der Waals surface area contributed by atoms with Gasteiger partial charge in [0, 0.05) is 50.3 Å². The second kappa shape index (κ2) is 8.75. The second-order valence-electron chi connectivity index (χ2n) is 7.08. The van der Waals surface area contributed by atoms with Crippen molar-refractivity contribution in [2.45, 2.75) is 39.3 Å². The lowest BCUT2D eigenvalue weighted by Gasteiger charge is -2.39. The molecule has 0 bridgehead atoms. The molecule has 148 valence electrons. The number of aromatic nitrogens is 1. The number of pyridine rings is 1. The molecule has 3 rings (SSSR count). The summed E-state index contributed by atoms with van der Waals surface area (Å²) in [6, 6.07) is 2.25. The van der Waals surface area contributed by atoms with E-state index in [4.69, 9.17) is 4.74 Å². The number of halogens is 1. The highest BCUT2D eigenvalue weighted by Crippen LogP contribution is 2.31. The molecule has 1 saturated heterocycles. The predicted octanol–water partition coefficient (Wildman–Crippen LogP) is 3.81. The predicted molar refractivity (Wildman–Crippen MR) is 112 cm³/mol. The fraction of sp³-hybridized carbons (Fsp3) is 0.579. The van der Waals surface area contributed by atoms with Gasteiger partial charge in [-0.25, -0.2) is 4.79 Å². The molecule has 1 atom stereocenters. The maximum Gasteiger partial charge on any atom is 0.409 e. The van der Waals surface area contributed by atoms with Crippen LogP contribution in [0.5, 0.6) is 0 Å². The maximum atomic E-state index is 12.4. The van der Waals surface area contributed by atoms with Crippen molar-refractivity contribution in [3.05, 3.63) is 32.0 Å². The SMILES string of the molecule is CCCCOC(=O)N1CCN(Cc2cc3c(=O)n(C)cc(Br)c3s2)C(C)C1. The van der Waals surface area contributed by atoms with Crippen LogP contribution in [-0.2, 0) is 18.3 Å². The molecule has 0 saturated carbocycles. The monoisotopic (exact) mass is 455 g/mol. The van der Waals surface area contributed by atoms with Crippen LogP contribution in [0.1, 0.15) is 31.6 Å². The summed E-state index contributed by atoms with van der Waals surface area (Å²) in [7, 11) is 1.77. The van der Waals surface area contributed by atoms with Crippen LogP contribution in [0.4, 0.5) is 4.79 Å². The standard InChI is InChI=1S/C19H26BrN3O3S/c1-4-5-8-26-19(25)23-7-6-22(13(2)10-23)11-14-9-15-17(27-14)16(20)12-21(3)18(15)24/h9,12-13H,4-8,10-11H2,1-3H3. The Kier molecular flexibility index (Phi) is 6.60. The van der Waals surface area contributed by atoms with E-state index in [9.17, 15) is 9.59 Å². The van der Waals surface area contributed by atoms with E-state index in [1.165, 1.54) is 4.88 Å².